The van der Waals surface area contributed by atoms with Crippen molar-refractivity contribution in [3.63, 3.8) is 0 Å². The van der Waals surface area contributed by atoms with Crippen LogP contribution in [0.4, 0.5) is 11.5 Å². The zero-order valence-corrected chi connectivity index (χ0v) is 13.6. The van der Waals surface area contributed by atoms with E-state index in [1.54, 1.807) is 13.1 Å². The highest BCUT2D eigenvalue weighted by atomic mass is 16.4. The molecule has 2 unspecified atom stereocenters. The number of aliphatic carboxylic acids is 1. The van der Waals surface area contributed by atoms with Gasteiger partial charge in [0.15, 0.2) is 0 Å². The molecule has 5 heteroatoms. The van der Waals surface area contributed by atoms with E-state index in [4.69, 9.17) is 0 Å². The Kier molecular flexibility index (Phi) is 6.46. The molecular weight excluding hydrogens is 266 g/mol. The van der Waals surface area contributed by atoms with Crippen LogP contribution in [0.5, 0.6) is 0 Å². The second-order valence-electron chi connectivity index (χ2n) is 6.15. The standard InChI is InChI=1S/C16H27N3O2/c1-11(2)6-8-14(12(3)16(20)21)18-13-7-9-15(17-10-13)19(4)5/h7,9-12,14,18H,6,8H2,1-5H3,(H,20,21). The van der Waals surface area contributed by atoms with E-state index >= 15 is 0 Å². The number of hydrogen-bond donors (Lipinski definition) is 2. The monoisotopic (exact) mass is 293 g/mol. The molecule has 0 amide bonds. The Labute approximate surface area is 127 Å². The fraction of sp³-hybridized carbons (Fsp3) is 0.625. The van der Waals surface area contributed by atoms with Crippen molar-refractivity contribution in [1.29, 1.82) is 0 Å². The number of nitrogens with one attached hydrogen (secondary N) is 1. The number of carboxylic acid groups (broad SMARTS) is 1. The predicted octanol–water partition coefficient (Wildman–Crippen LogP) is 3.09. The molecule has 1 rings (SSSR count). The van der Waals surface area contributed by atoms with Crippen LogP contribution in [-0.4, -0.2) is 36.2 Å². The molecule has 0 radical (unpaired) electrons. The van der Waals surface area contributed by atoms with Crippen molar-refractivity contribution in [3.05, 3.63) is 18.3 Å². The zero-order valence-electron chi connectivity index (χ0n) is 13.6. The molecule has 0 fully saturated rings. The number of carbonyl (C=O) groups is 1. The summed E-state index contributed by atoms with van der Waals surface area (Å²) in [4.78, 5) is 17.5. The van der Waals surface area contributed by atoms with Gasteiger partial charge in [-0.15, -0.1) is 0 Å². The predicted molar refractivity (Wildman–Crippen MR) is 86.8 cm³/mol. The highest BCUT2D eigenvalue weighted by molar-refractivity contribution is 5.71. The molecule has 0 saturated carbocycles. The first kappa shape index (κ1) is 17.3. The molecule has 0 saturated heterocycles. The van der Waals surface area contributed by atoms with Crippen molar-refractivity contribution in [2.24, 2.45) is 11.8 Å². The summed E-state index contributed by atoms with van der Waals surface area (Å²) in [5.41, 5.74) is 0.863. The molecule has 118 valence electrons. The first-order valence-electron chi connectivity index (χ1n) is 7.44. The molecule has 2 N–H and O–H groups in total. The summed E-state index contributed by atoms with van der Waals surface area (Å²) in [6, 6.07) is 3.78. The third kappa shape index (κ3) is 5.61. The number of anilines is 2. The second kappa shape index (κ2) is 7.86. The molecule has 1 aromatic rings. The number of pyridine rings is 1. The van der Waals surface area contributed by atoms with Gasteiger partial charge >= 0.3 is 5.97 Å². The summed E-state index contributed by atoms with van der Waals surface area (Å²) in [5, 5.41) is 12.6. The molecule has 0 aliphatic carbocycles. The molecule has 21 heavy (non-hydrogen) atoms. The maximum Gasteiger partial charge on any atom is 0.308 e. The fourth-order valence-electron chi connectivity index (χ4n) is 2.08. The molecule has 0 aliphatic rings. The quantitative estimate of drug-likeness (QED) is 0.771. The largest absolute Gasteiger partial charge is 0.481 e. The minimum atomic E-state index is -0.769. The van der Waals surface area contributed by atoms with Crippen LogP contribution in [0.25, 0.3) is 0 Å². The lowest BCUT2D eigenvalue weighted by Crippen LogP contribution is -2.33. The molecular formula is C16H27N3O2. The van der Waals surface area contributed by atoms with Crippen molar-refractivity contribution in [2.45, 2.75) is 39.7 Å². The normalized spacial score (nSPS) is 13.8. The van der Waals surface area contributed by atoms with Crippen molar-refractivity contribution in [2.75, 3.05) is 24.3 Å². The lowest BCUT2D eigenvalue weighted by molar-refractivity contribution is -0.141. The Bertz CT molecular complexity index is 443. The minimum Gasteiger partial charge on any atom is -0.481 e. The number of hydrogen-bond acceptors (Lipinski definition) is 4. The summed E-state index contributed by atoms with van der Waals surface area (Å²) in [7, 11) is 3.88. The van der Waals surface area contributed by atoms with E-state index in [2.05, 4.69) is 24.1 Å². The van der Waals surface area contributed by atoms with Crippen LogP contribution in [0, 0.1) is 11.8 Å². The average Bonchev–Trinajstić information content (AvgIpc) is 2.42. The van der Waals surface area contributed by atoms with Gasteiger partial charge < -0.3 is 15.3 Å². The smallest absolute Gasteiger partial charge is 0.308 e. The number of nitrogens with zero attached hydrogens (tertiary/aromatic N) is 2. The fourth-order valence-corrected chi connectivity index (χ4v) is 2.08. The van der Waals surface area contributed by atoms with Crippen LogP contribution < -0.4 is 10.2 Å². The van der Waals surface area contributed by atoms with Gasteiger partial charge in [-0.2, -0.15) is 0 Å². The summed E-state index contributed by atoms with van der Waals surface area (Å²) in [6.45, 7) is 6.05. The van der Waals surface area contributed by atoms with Crippen LogP contribution in [0.15, 0.2) is 18.3 Å². The highest BCUT2D eigenvalue weighted by Gasteiger charge is 2.23. The molecule has 0 spiro atoms. The van der Waals surface area contributed by atoms with E-state index in [-0.39, 0.29) is 6.04 Å². The summed E-state index contributed by atoms with van der Waals surface area (Å²) in [6.07, 6.45) is 3.59. The lowest BCUT2D eigenvalue weighted by atomic mass is 9.94. The van der Waals surface area contributed by atoms with Crippen LogP contribution in [0.3, 0.4) is 0 Å². The summed E-state index contributed by atoms with van der Waals surface area (Å²) >= 11 is 0. The Morgan fingerprint density at radius 3 is 2.38 bits per heavy atom. The van der Waals surface area contributed by atoms with E-state index in [1.807, 2.05) is 31.1 Å². The Balaban J connectivity index is 2.77. The maximum absolute atomic E-state index is 11.3. The van der Waals surface area contributed by atoms with E-state index in [9.17, 15) is 9.90 Å². The van der Waals surface area contributed by atoms with Crippen molar-refractivity contribution >= 4 is 17.5 Å². The molecule has 1 heterocycles. The number of rotatable bonds is 8. The van der Waals surface area contributed by atoms with Crippen LogP contribution >= 0.6 is 0 Å². The Hall–Kier alpha value is -1.78. The summed E-state index contributed by atoms with van der Waals surface area (Å²) < 4.78 is 0. The molecule has 1 aromatic heterocycles. The van der Waals surface area contributed by atoms with Gasteiger partial charge in [0.25, 0.3) is 0 Å². The van der Waals surface area contributed by atoms with Gasteiger partial charge in [0.1, 0.15) is 5.82 Å². The average molecular weight is 293 g/mol. The Morgan fingerprint density at radius 2 is 1.95 bits per heavy atom. The maximum atomic E-state index is 11.3. The van der Waals surface area contributed by atoms with Gasteiger partial charge in [0.2, 0.25) is 0 Å². The van der Waals surface area contributed by atoms with Gasteiger partial charge in [-0.1, -0.05) is 13.8 Å². The first-order chi connectivity index (χ1) is 9.81. The zero-order chi connectivity index (χ0) is 16.0. The number of aromatic nitrogens is 1. The lowest BCUT2D eigenvalue weighted by Gasteiger charge is -2.24. The molecule has 5 nitrogen and oxygen atoms in total. The SMILES string of the molecule is CC(C)CCC(Nc1ccc(N(C)C)nc1)C(C)C(=O)O. The second-order valence-corrected chi connectivity index (χ2v) is 6.15. The van der Waals surface area contributed by atoms with E-state index in [0.29, 0.717) is 5.92 Å². The van der Waals surface area contributed by atoms with Gasteiger partial charge in [0, 0.05) is 20.1 Å². The third-order valence-electron chi connectivity index (χ3n) is 3.61. The van der Waals surface area contributed by atoms with Gasteiger partial charge in [-0.25, -0.2) is 4.98 Å². The molecule has 0 aromatic carbocycles. The molecule has 2 atom stereocenters. The van der Waals surface area contributed by atoms with Crippen molar-refractivity contribution < 1.29 is 9.90 Å². The van der Waals surface area contributed by atoms with E-state index < -0.39 is 11.9 Å². The van der Waals surface area contributed by atoms with Gasteiger partial charge in [-0.05, 0) is 37.8 Å². The van der Waals surface area contributed by atoms with Crippen LogP contribution in [0.2, 0.25) is 0 Å². The number of carboxylic acids is 1. The van der Waals surface area contributed by atoms with Gasteiger partial charge in [-0.3, -0.25) is 4.79 Å². The first-order valence-corrected chi connectivity index (χ1v) is 7.44. The van der Waals surface area contributed by atoms with Crippen molar-refractivity contribution in [3.8, 4) is 0 Å². The molecule has 0 bridgehead atoms. The van der Waals surface area contributed by atoms with Crippen LogP contribution in [0.1, 0.15) is 33.6 Å². The minimum absolute atomic E-state index is 0.0862. The van der Waals surface area contributed by atoms with E-state index in [1.165, 1.54) is 0 Å². The summed E-state index contributed by atoms with van der Waals surface area (Å²) in [5.74, 6) is 0.238. The third-order valence-corrected chi connectivity index (χ3v) is 3.61. The highest BCUT2D eigenvalue weighted by Crippen LogP contribution is 2.20. The Morgan fingerprint density at radius 1 is 1.29 bits per heavy atom. The molecule has 0 aliphatic heterocycles. The topological polar surface area (TPSA) is 65.5 Å². The van der Waals surface area contributed by atoms with E-state index in [0.717, 1.165) is 24.3 Å². The van der Waals surface area contributed by atoms with Gasteiger partial charge in [0.05, 0.1) is 17.8 Å². The van der Waals surface area contributed by atoms with Crippen LogP contribution in [-0.2, 0) is 4.79 Å². The van der Waals surface area contributed by atoms with Crippen molar-refractivity contribution in [1.82, 2.24) is 4.98 Å².